The number of anilines is 3. The molecule has 6 aromatic rings. The second kappa shape index (κ2) is 10.9. The lowest BCUT2D eigenvalue weighted by atomic mass is 9.48. The summed E-state index contributed by atoms with van der Waals surface area (Å²) in [7, 11) is 0. The minimum Gasteiger partial charge on any atom is -0.310 e. The van der Waals surface area contributed by atoms with Crippen LogP contribution in [0.5, 0.6) is 0 Å². The predicted molar refractivity (Wildman–Crippen MR) is 211 cm³/mol. The topological polar surface area (TPSA) is 3.24 Å². The highest BCUT2D eigenvalue weighted by atomic mass is 15.1. The Labute approximate surface area is 298 Å². The summed E-state index contributed by atoms with van der Waals surface area (Å²) in [5.41, 5.74) is 16.6. The van der Waals surface area contributed by atoms with Crippen LogP contribution in [0.3, 0.4) is 0 Å². The fourth-order valence-electron chi connectivity index (χ4n) is 11.6. The normalized spacial score (nSPS) is 24.0. The molecule has 248 valence electrons. The molecule has 0 radical (unpaired) electrons. The molecule has 4 fully saturated rings. The molecule has 5 aliphatic carbocycles. The molecule has 1 heteroatoms. The van der Waals surface area contributed by atoms with Crippen LogP contribution in [-0.4, -0.2) is 0 Å². The van der Waals surface area contributed by atoms with Gasteiger partial charge in [-0.15, -0.1) is 0 Å². The first kappa shape index (κ1) is 30.2. The number of rotatable bonds is 5. The first-order valence-electron chi connectivity index (χ1n) is 19.0. The van der Waals surface area contributed by atoms with Gasteiger partial charge in [0.25, 0.3) is 0 Å². The summed E-state index contributed by atoms with van der Waals surface area (Å²) >= 11 is 0. The number of hydrogen-bond donors (Lipinski definition) is 0. The first-order valence-corrected chi connectivity index (χ1v) is 19.0. The highest BCUT2D eigenvalue weighted by Gasteiger charge is 2.52. The van der Waals surface area contributed by atoms with Crippen molar-refractivity contribution in [1.29, 1.82) is 0 Å². The van der Waals surface area contributed by atoms with E-state index in [2.05, 4.69) is 154 Å². The Morgan fingerprint density at radius 1 is 0.500 bits per heavy atom. The van der Waals surface area contributed by atoms with E-state index in [-0.39, 0.29) is 10.8 Å². The molecular weight excluding hydrogens is 603 g/mol. The van der Waals surface area contributed by atoms with Crippen LogP contribution in [0.2, 0.25) is 0 Å². The monoisotopic (exact) mass is 649 g/mol. The summed E-state index contributed by atoms with van der Waals surface area (Å²) in [5.74, 6) is 2.65. The van der Waals surface area contributed by atoms with Crippen molar-refractivity contribution in [1.82, 2.24) is 0 Å². The molecule has 0 aromatic heterocycles. The van der Waals surface area contributed by atoms with Crippen LogP contribution in [0.15, 0.2) is 121 Å². The standard InChI is InChI=1S/C49H47N/c1-31-12-5-8-16-39(31)41-25-36-14-6-7-15-37(36)26-46(41)50(38-20-21-40-44(27-38)48(3,4)43-18-11-13-32(2)47(40)43)45-19-10-9-17-42(45)49-28-33-22-34(29-49)24-35(23-33)30-49/h5-21,25-27,33-35H,22-24,28-30H2,1-4H3. The zero-order valence-corrected chi connectivity index (χ0v) is 30.0. The van der Waals surface area contributed by atoms with Crippen LogP contribution in [0.4, 0.5) is 17.1 Å². The molecule has 0 spiro atoms. The maximum atomic E-state index is 2.67. The highest BCUT2D eigenvalue weighted by molar-refractivity contribution is 5.99. The van der Waals surface area contributed by atoms with Gasteiger partial charge < -0.3 is 4.90 Å². The van der Waals surface area contributed by atoms with Crippen LogP contribution in [0, 0.1) is 31.6 Å². The molecule has 0 amide bonds. The molecule has 4 bridgehead atoms. The Morgan fingerprint density at radius 3 is 1.86 bits per heavy atom. The molecule has 0 aliphatic heterocycles. The molecule has 50 heavy (non-hydrogen) atoms. The molecule has 0 heterocycles. The molecule has 4 saturated carbocycles. The van der Waals surface area contributed by atoms with Crippen LogP contribution < -0.4 is 4.90 Å². The van der Waals surface area contributed by atoms with Crippen molar-refractivity contribution in [3.63, 3.8) is 0 Å². The van der Waals surface area contributed by atoms with Gasteiger partial charge in [0.05, 0.1) is 5.69 Å². The van der Waals surface area contributed by atoms with Crippen molar-refractivity contribution in [3.8, 4) is 22.3 Å². The van der Waals surface area contributed by atoms with Gasteiger partial charge in [-0.05, 0) is 161 Å². The number of para-hydroxylation sites is 1. The van der Waals surface area contributed by atoms with Gasteiger partial charge in [-0.3, -0.25) is 0 Å². The molecule has 0 unspecified atom stereocenters. The largest absolute Gasteiger partial charge is 0.310 e. The Morgan fingerprint density at radius 2 is 1.12 bits per heavy atom. The lowest BCUT2D eigenvalue weighted by molar-refractivity contribution is -0.00491. The summed E-state index contributed by atoms with van der Waals surface area (Å²) in [6, 6.07) is 46.6. The van der Waals surface area contributed by atoms with Crippen LogP contribution in [0.25, 0.3) is 33.0 Å². The first-order chi connectivity index (χ1) is 24.3. The third-order valence-corrected chi connectivity index (χ3v) is 13.4. The smallest absolute Gasteiger partial charge is 0.0546 e. The van der Waals surface area contributed by atoms with Crippen molar-refractivity contribution in [2.45, 2.75) is 77.0 Å². The second-order valence-corrected chi connectivity index (χ2v) is 16.9. The van der Waals surface area contributed by atoms with Gasteiger partial charge >= 0.3 is 0 Å². The van der Waals surface area contributed by atoms with Gasteiger partial charge in [0, 0.05) is 22.4 Å². The summed E-state index contributed by atoms with van der Waals surface area (Å²) in [6.45, 7) is 9.38. The zero-order chi connectivity index (χ0) is 33.8. The Hall–Kier alpha value is -4.62. The molecule has 1 nitrogen and oxygen atoms in total. The summed E-state index contributed by atoms with van der Waals surface area (Å²) < 4.78 is 0. The maximum absolute atomic E-state index is 2.67. The second-order valence-electron chi connectivity index (χ2n) is 16.9. The third kappa shape index (κ3) is 4.45. The molecular formula is C49H47N. The minimum absolute atomic E-state index is 0.0833. The lowest BCUT2D eigenvalue weighted by Crippen LogP contribution is -2.48. The third-order valence-electron chi connectivity index (χ3n) is 13.4. The molecule has 0 atom stereocenters. The van der Waals surface area contributed by atoms with E-state index in [0.717, 1.165) is 17.8 Å². The fourth-order valence-corrected chi connectivity index (χ4v) is 11.6. The van der Waals surface area contributed by atoms with Gasteiger partial charge in [-0.2, -0.15) is 0 Å². The molecule has 5 aliphatic rings. The summed E-state index contributed by atoms with van der Waals surface area (Å²) in [4.78, 5) is 2.67. The predicted octanol–water partition coefficient (Wildman–Crippen LogP) is 13.4. The lowest BCUT2D eigenvalue weighted by Gasteiger charge is -2.57. The zero-order valence-electron chi connectivity index (χ0n) is 30.0. The van der Waals surface area contributed by atoms with Gasteiger partial charge in [0.1, 0.15) is 0 Å². The Bertz CT molecular complexity index is 2290. The fraction of sp³-hybridized carbons (Fsp3) is 0.306. The average molecular weight is 650 g/mol. The number of benzene rings is 6. The van der Waals surface area contributed by atoms with Crippen LogP contribution in [-0.2, 0) is 10.8 Å². The van der Waals surface area contributed by atoms with Crippen molar-refractivity contribution in [2.24, 2.45) is 17.8 Å². The SMILES string of the molecule is Cc1ccccc1-c1cc2ccccc2cc1N(c1ccc2c(c1)C(C)(C)c1cccc(C)c1-2)c1ccccc1C12CC3CC(CC(C3)C1)C2. The molecule has 0 saturated heterocycles. The summed E-state index contributed by atoms with van der Waals surface area (Å²) in [5, 5.41) is 2.56. The van der Waals surface area contributed by atoms with Crippen LogP contribution >= 0.6 is 0 Å². The number of hydrogen-bond acceptors (Lipinski definition) is 1. The quantitative estimate of drug-likeness (QED) is 0.180. The van der Waals surface area contributed by atoms with Crippen molar-refractivity contribution in [2.75, 3.05) is 4.90 Å². The average Bonchev–Trinajstić information content (AvgIpc) is 3.34. The number of fused-ring (bicyclic) bond motifs is 4. The highest BCUT2D eigenvalue weighted by Crippen LogP contribution is 2.63. The van der Waals surface area contributed by atoms with E-state index in [0.29, 0.717) is 0 Å². The van der Waals surface area contributed by atoms with E-state index >= 15 is 0 Å². The van der Waals surface area contributed by atoms with Gasteiger partial charge in [0.2, 0.25) is 0 Å². The molecule has 6 aromatic carbocycles. The number of nitrogens with zero attached hydrogens (tertiary/aromatic N) is 1. The maximum Gasteiger partial charge on any atom is 0.0546 e. The van der Waals surface area contributed by atoms with Crippen molar-refractivity contribution < 1.29 is 0 Å². The van der Waals surface area contributed by atoms with Gasteiger partial charge in [-0.25, -0.2) is 0 Å². The van der Waals surface area contributed by atoms with Crippen molar-refractivity contribution >= 4 is 27.8 Å². The Balaban J connectivity index is 1.26. The minimum atomic E-state index is -0.0833. The number of aryl methyl sites for hydroxylation is 2. The van der Waals surface area contributed by atoms with E-state index in [1.54, 1.807) is 5.56 Å². The van der Waals surface area contributed by atoms with E-state index in [9.17, 15) is 0 Å². The van der Waals surface area contributed by atoms with E-state index in [4.69, 9.17) is 0 Å². The van der Waals surface area contributed by atoms with Gasteiger partial charge in [-0.1, -0.05) is 105 Å². The summed E-state index contributed by atoms with van der Waals surface area (Å²) in [6.07, 6.45) is 8.39. The molecule has 11 rings (SSSR count). The Kier molecular flexibility index (Phi) is 6.61. The van der Waals surface area contributed by atoms with Crippen LogP contribution in [0.1, 0.15) is 80.2 Å². The van der Waals surface area contributed by atoms with E-state index < -0.39 is 0 Å². The van der Waals surface area contributed by atoms with E-state index in [1.165, 1.54) is 111 Å². The van der Waals surface area contributed by atoms with Crippen molar-refractivity contribution in [3.05, 3.63) is 149 Å². The van der Waals surface area contributed by atoms with E-state index in [1.807, 2.05) is 0 Å². The van der Waals surface area contributed by atoms with Gasteiger partial charge in [0.15, 0.2) is 0 Å². The molecule has 0 N–H and O–H groups in total.